The first-order valence-electron chi connectivity index (χ1n) is 6.13. The topological polar surface area (TPSA) is 85.8 Å². The molecule has 1 aromatic carbocycles. The highest BCUT2D eigenvalue weighted by Crippen LogP contribution is 2.18. The van der Waals surface area contributed by atoms with Crippen LogP contribution in [0.4, 0.5) is 11.4 Å². The molecule has 100 valence electrons. The summed E-state index contributed by atoms with van der Waals surface area (Å²) in [5.74, 6) is -0.0196. The second kappa shape index (κ2) is 5.99. The van der Waals surface area contributed by atoms with Crippen molar-refractivity contribution in [3.63, 3.8) is 0 Å². The first kappa shape index (κ1) is 13.1. The van der Waals surface area contributed by atoms with E-state index in [1.54, 1.807) is 17.1 Å². The number of benzene rings is 1. The van der Waals surface area contributed by atoms with Crippen LogP contribution >= 0.6 is 0 Å². The summed E-state index contributed by atoms with van der Waals surface area (Å²) >= 11 is 0. The Hall–Kier alpha value is -2.37. The molecule has 0 saturated carbocycles. The van der Waals surface area contributed by atoms with E-state index < -0.39 is 0 Å². The fourth-order valence-electron chi connectivity index (χ4n) is 1.74. The number of nitrogens with two attached hydrogens (primary N) is 1. The van der Waals surface area contributed by atoms with E-state index in [9.17, 15) is 4.79 Å². The summed E-state index contributed by atoms with van der Waals surface area (Å²) in [7, 11) is 0. The number of rotatable bonds is 5. The number of anilines is 2. The highest BCUT2D eigenvalue weighted by molar-refractivity contribution is 5.91. The Morgan fingerprint density at radius 3 is 3.05 bits per heavy atom. The third kappa shape index (κ3) is 3.80. The van der Waals surface area contributed by atoms with E-state index >= 15 is 0 Å². The van der Waals surface area contributed by atoms with E-state index in [1.807, 2.05) is 19.1 Å². The number of amides is 1. The van der Waals surface area contributed by atoms with Crippen molar-refractivity contribution >= 4 is 17.3 Å². The molecule has 6 nitrogen and oxygen atoms in total. The molecule has 1 aromatic heterocycles. The maximum atomic E-state index is 11.8. The van der Waals surface area contributed by atoms with E-state index in [0.717, 1.165) is 17.7 Å². The lowest BCUT2D eigenvalue weighted by Gasteiger charge is -2.09. The molecule has 6 heteroatoms. The highest BCUT2D eigenvalue weighted by Gasteiger charge is 2.05. The second-order valence-corrected chi connectivity index (χ2v) is 4.38. The van der Waals surface area contributed by atoms with Gasteiger partial charge in [0.25, 0.3) is 0 Å². The average molecular weight is 259 g/mol. The zero-order valence-corrected chi connectivity index (χ0v) is 10.8. The third-order valence-corrected chi connectivity index (χ3v) is 2.79. The molecule has 0 spiro atoms. The number of aromatic nitrogens is 3. The van der Waals surface area contributed by atoms with Gasteiger partial charge in [0.15, 0.2) is 0 Å². The van der Waals surface area contributed by atoms with Crippen molar-refractivity contribution in [3.05, 3.63) is 36.4 Å². The fourth-order valence-corrected chi connectivity index (χ4v) is 1.74. The normalized spacial score (nSPS) is 10.4. The van der Waals surface area contributed by atoms with Crippen molar-refractivity contribution in [2.24, 2.45) is 0 Å². The van der Waals surface area contributed by atoms with Crippen LogP contribution in [0.3, 0.4) is 0 Å². The standard InChI is InChI=1S/C13H17N5O/c1-10-4-5-11(14)7-12(10)17-13(19)3-2-6-18-9-15-8-16-18/h4-5,7-9H,2-3,6,14H2,1H3,(H,17,19). The second-order valence-electron chi connectivity index (χ2n) is 4.38. The van der Waals surface area contributed by atoms with E-state index in [4.69, 9.17) is 5.73 Å². The molecule has 1 amide bonds. The molecule has 0 atom stereocenters. The Morgan fingerprint density at radius 1 is 1.47 bits per heavy atom. The third-order valence-electron chi connectivity index (χ3n) is 2.79. The molecule has 3 N–H and O–H groups in total. The molecule has 0 fully saturated rings. The zero-order chi connectivity index (χ0) is 13.7. The summed E-state index contributed by atoms with van der Waals surface area (Å²) in [5.41, 5.74) is 8.11. The molecular weight excluding hydrogens is 242 g/mol. The van der Waals surface area contributed by atoms with Crippen LogP contribution in [0.2, 0.25) is 0 Å². The van der Waals surface area contributed by atoms with E-state index in [2.05, 4.69) is 15.4 Å². The molecule has 19 heavy (non-hydrogen) atoms. The highest BCUT2D eigenvalue weighted by atomic mass is 16.1. The van der Waals surface area contributed by atoms with Crippen molar-refractivity contribution < 1.29 is 4.79 Å². The van der Waals surface area contributed by atoms with Gasteiger partial charge < -0.3 is 11.1 Å². The van der Waals surface area contributed by atoms with Crippen LogP contribution in [0.25, 0.3) is 0 Å². The SMILES string of the molecule is Cc1ccc(N)cc1NC(=O)CCCn1cncn1. The monoisotopic (exact) mass is 259 g/mol. The van der Waals surface area contributed by atoms with Gasteiger partial charge in [-0.1, -0.05) is 6.07 Å². The molecule has 0 bridgehead atoms. The largest absolute Gasteiger partial charge is 0.399 e. The fraction of sp³-hybridized carbons (Fsp3) is 0.308. The van der Waals surface area contributed by atoms with E-state index in [0.29, 0.717) is 18.7 Å². The summed E-state index contributed by atoms with van der Waals surface area (Å²) in [5, 5.41) is 6.85. The molecule has 2 aromatic rings. The summed E-state index contributed by atoms with van der Waals surface area (Å²) in [6, 6.07) is 5.47. The predicted octanol–water partition coefficient (Wildman–Crippen LogP) is 1.59. The minimum atomic E-state index is -0.0196. The van der Waals surface area contributed by atoms with Gasteiger partial charge in [0.05, 0.1) is 0 Å². The molecule has 2 rings (SSSR count). The molecule has 0 saturated heterocycles. The van der Waals surface area contributed by atoms with Gasteiger partial charge >= 0.3 is 0 Å². The van der Waals surface area contributed by atoms with Crippen LogP contribution in [0.1, 0.15) is 18.4 Å². The van der Waals surface area contributed by atoms with Crippen molar-refractivity contribution in [1.82, 2.24) is 14.8 Å². The van der Waals surface area contributed by atoms with Crippen LogP contribution in [0.5, 0.6) is 0 Å². The summed E-state index contributed by atoms with van der Waals surface area (Å²) in [6.07, 6.45) is 4.28. The minimum absolute atomic E-state index is 0.0196. The minimum Gasteiger partial charge on any atom is -0.399 e. The zero-order valence-electron chi connectivity index (χ0n) is 10.8. The van der Waals surface area contributed by atoms with Crippen molar-refractivity contribution in [1.29, 1.82) is 0 Å². The number of carbonyl (C=O) groups is 1. The smallest absolute Gasteiger partial charge is 0.224 e. The number of carbonyl (C=O) groups excluding carboxylic acids is 1. The van der Waals surface area contributed by atoms with Gasteiger partial charge in [-0.05, 0) is 31.0 Å². The van der Waals surface area contributed by atoms with E-state index in [-0.39, 0.29) is 5.91 Å². The molecule has 0 unspecified atom stereocenters. The molecule has 0 aliphatic heterocycles. The van der Waals surface area contributed by atoms with Crippen LogP contribution in [-0.2, 0) is 11.3 Å². The molecular formula is C13H17N5O. The Bertz CT molecular complexity index is 550. The number of aryl methyl sites for hydroxylation is 2. The molecule has 0 aliphatic carbocycles. The number of hydrogen-bond donors (Lipinski definition) is 2. The summed E-state index contributed by atoms with van der Waals surface area (Å²) < 4.78 is 1.71. The van der Waals surface area contributed by atoms with Crippen LogP contribution in [-0.4, -0.2) is 20.7 Å². The quantitative estimate of drug-likeness (QED) is 0.798. The average Bonchev–Trinajstić information content (AvgIpc) is 2.87. The molecule has 0 radical (unpaired) electrons. The summed E-state index contributed by atoms with van der Waals surface area (Å²) in [6.45, 7) is 2.62. The number of nitrogen functional groups attached to an aromatic ring is 1. The van der Waals surface area contributed by atoms with Gasteiger partial charge in [-0.15, -0.1) is 0 Å². The Kier molecular flexibility index (Phi) is 4.12. The van der Waals surface area contributed by atoms with Gasteiger partial charge in [-0.3, -0.25) is 9.48 Å². The van der Waals surface area contributed by atoms with Gasteiger partial charge in [0.1, 0.15) is 12.7 Å². The van der Waals surface area contributed by atoms with E-state index in [1.165, 1.54) is 6.33 Å². The first-order valence-corrected chi connectivity index (χ1v) is 6.13. The lowest BCUT2D eigenvalue weighted by molar-refractivity contribution is -0.116. The Labute approximate surface area is 111 Å². The van der Waals surface area contributed by atoms with Crippen LogP contribution in [0, 0.1) is 6.92 Å². The Morgan fingerprint density at radius 2 is 2.32 bits per heavy atom. The van der Waals surface area contributed by atoms with Crippen molar-refractivity contribution in [3.8, 4) is 0 Å². The number of hydrogen-bond acceptors (Lipinski definition) is 4. The van der Waals surface area contributed by atoms with Gasteiger partial charge in [0, 0.05) is 24.3 Å². The van der Waals surface area contributed by atoms with Crippen molar-refractivity contribution in [2.75, 3.05) is 11.1 Å². The van der Waals surface area contributed by atoms with Crippen LogP contribution < -0.4 is 11.1 Å². The number of nitrogens with one attached hydrogen (secondary N) is 1. The van der Waals surface area contributed by atoms with Crippen LogP contribution in [0.15, 0.2) is 30.9 Å². The van der Waals surface area contributed by atoms with Gasteiger partial charge in [-0.25, -0.2) is 4.98 Å². The Balaban J connectivity index is 1.82. The van der Waals surface area contributed by atoms with Crippen molar-refractivity contribution in [2.45, 2.75) is 26.3 Å². The number of nitrogens with zero attached hydrogens (tertiary/aromatic N) is 3. The van der Waals surface area contributed by atoms with Gasteiger partial charge in [0.2, 0.25) is 5.91 Å². The van der Waals surface area contributed by atoms with Gasteiger partial charge in [-0.2, -0.15) is 5.10 Å². The first-order chi connectivity index (χ1) is 9.15. The summed E-state index contributed by atoms with van der Waals surface area (Å²) in [4.78, 5) is 15.7. The lowest BCUT2D eigenvalue weighted by Crippen LogP contribution is -2.13. The molecule has 1 heterocycles. The molecule has 0 aliphatic rings. The maximum Gasteiger partial charge on any atom is 0.224 e. The maximum absolute atomic E-state index is 11.8. The lowest BCUT2D eigenvalue weighted by atomic mass is 10.1. The predicted molar refractivity (Wildman–Crippen MR) is 73.5 cm³/mol.